The minimum Gasteiger partial charge on any atom is -0.345 e. The summed E-state index contributed by atoms with van der Waals surface area (Å²) in [5.41, 5.74) is 4.85. The third kappa shape index (κ3) is 4.15. The molecule has 0 aliphatic carbocycles. The average Bonchev–Trinajstić information content (AvgIpc) is 2.84. The Balaban J connectivity index is 0.00000264. The molecule has 11 heteroatoms. The number of hydrogen-bond donors (Lipinski definition) is 2. The molecule has 0 aliphatic rings. The van der Waals surface area contributed by atoms with Crippen LogP contribution in [-0.4, -0.2) is 49.0 Å². The van der Waals surface area contributed by atoms with Crippen LogP contribution in [0.5, 0.6) is 0 Å². The fourth-order valence-corrected chi connectivity index (χ4v) is 2.58. The van der Waals surface area contributed by atoms with Crippen LogP contribution in [-0.2, 0) is 9.84 Å². The zero-order valence-electron chi connectivity index (χ0n) is 12.0. The van der Waals surface area contributed by atoms with Crippen LogP contribution in [0.15, 0.2) is 29.6 Å². The zero-order valence-corrected chi connectivity index (χ0v) is 13.6. The summed E-state index contributed by atoms with van der Waals surface area (Å²) < 4.78 is 50.8. The smallest absolute Gasteiger partial charge is 0.277 e. The van der Waals surface area contributed by atoms with Crippen LogP contribution in [0, 0.1) is 0 Å². The van der Waals surface area contributed by atoms with Crippen LogP contribution in [0.25, 0.3) is 5.52 Å². The van der Waals surface area contributed by atoms with Gasteiger partial charge in [-0.1, -0.05) is 6.07 Å². The van der Waals surface area contributed by atoms with Crippen molar-refractivity contribution in [3.8, 4) is 0 Å². The molecular weight excluding hydrogens is 354 g/mol. The lowest BCUT2D eigenvalue weighted by Gasteiger charge is -2.13. The van der Waals surface area contributed by atoms with Crippen LogP contribution in [0.2, 0.25) is 0 Å². The maximum atomic E-state index is 13.1. The van der Waals surface area contributed by atoms with Gasteiger partial charge in [0.15, 0.2) is 5.69 Å². The Hall–Kier alpha value is -1.78. The lowest BCUT2D eigenvalue weighted by molar-refractivity contribution is 0.0118. The first-order valence-electron chi connectivity index (χ1n) is 6.19. The molecule has 1 amide bonds. The van der Waals surface area contributed by atoms with Crippen molar-refractivity contribution < 1.29 is 22.0 Å². The third-order valence-electron chi connectivity index (χ3n) is 2.87. The molecule has 0 spiro atoms. The van der Waals surface area contributed by atoms with Gasteiger partial charge in [0, 0.05) is 12.5 Å². The highest BCUT2D eigenvalue weighted by Gasteiger charge is 2.29. The van der Waals surface area contributed by atoms with E-state index in [2.05, 4.69) is 4.98 Å². The topological polar surface area (TPSA) is 107 Å². The molecule has 7 nitrogen and oxygen atoms in total. The van der Waals surface area contributed by atoms with Gasteiger partial charge >= 0.3 is 0 Å². The molecule has 0 radical (unpaired) electrons. The van der Waals surface area contributed by atoms with Crippen LogP contribution in [0.3, 0.4) is 0 Å². The molecule has 0 saturated heterocycles. The number of nitrogens with two attached hydrogens (primary N) is 1. The highest BCUT2D eigenvalue weighted by molar-refractivity contribution is 7.90. The van der Waals surface area contributed by atoms with E-state index in [4.69, 9.17) is 5.73 Å². The summed E-state index contributed by atoms with van der Waals surface area (Å²) in [6.45, 7) is -1.87. The van der Waals surface area contributed by atoms with Crippen molar-refractivity contribution in [2.75, 3.05) is 19.3 Å². The summed E-state index contributed by atoms with van der Waals surface area (Å²) in [5.74, 6) is -4.14. The molecule has 0 aromatic carbocycles. The second-order valence-corrected chi connectivity index (χ2v) is 6.62. The van der Waals surface area contributed by atoms with Crippen molar-refractivity contribution in [3.63, 3.8) is 0 Å². The number of alkyl halides is 2. The first-order valence-corrected chi connectivity index (χ1v) is 8.08. The number of carbonyl (C=O) groups excluding carboxylic acids is 1. The molecule has 0 aliphatic heterocycles. The highest BCUT2D eigenvalue weighted by Crippen LogP contribution is 2.17. The number of imidazole rings is 1. The Kier molecular flexibility index (Phi) is 5.67. The third-order valence-corrected chi connectivity index (χ3v) is 3.82. The highest BCUT2D eigenvalue weighted by atomic mass is 35.5. The first-order chi connectivity index (χ1) is 10.2. The van der Waals surface area contributed by atoms with E-state index in [-0.39, 0.29) is 28.8 Å². The SMILES string of the molecule is CS(=O)(=O)c1nc(C(=O)NCC(F)(F)CN)c2ccccn12.Cl. The summed E-state index contributed by atoms with van der Waals surface area (Å²) in [6, 6.07) is 4.61. The van der Waals surface area contributed by atoms with Gasteiger partial charge in [0.05, 0.1) is 18.6 Å². The van der Waals surface area contributed by atoms with Crippen LogP contribution in [0.4, 0.5) is 8.78 Å². The Labute approximate surface area is 137 Å². The van der Waals surface area contributed by atoms with Crippen LogP contribution in [0.1, 0.15) is 10.5 Å². The molecular formula is C12H15ClF2N4O3S. The van der Waals surface area contributed by atoms with Gasteiger partial charge in [0.25, 0.3) is 11.8 Å². The van der Waals surface area contributed by atoms with Gasteiger partial charge in [-0.15, -0.1) is 12.4 Å². The summed E-state index contributed by atoms with van der Waals surface area (Å²) in [4.78, 5) is 15.8. The number of halogens is 3. The fraction of sp³-hybridized carbons (Fsp3) is 0.333. The van der Waals surface area contributed by atoms with Crippen molar-refractivity contribution in [2.45, 2.75) is 11.1 Å². The molecule has 2 rings (SSSR count). The van der Waals surface area contributed by atoms with E-state index in [0.717, 1.165) is 6.26 Å². The lowest BCUT2D eigenvalue weighted by atomic mass is 10.3. The van der Waals surface area contributed by atoms with Gasteiger partial charge in [-0.05, 0) is 12.1 Å². The quantitative estimate of drug-likeness (QED) is 0.798. The van der Waals surface area contributed by atoms with Crippen molar-refractivity contribution in [2.24, 2.45) is 5.73 Å². The first kappa shape index (κ1) is 19.3. The minimum absolute atomic E-state index is 0. The van der Waals surface area contributed by atoms with E-state index < -0.39 is 34.8 Å². The van der Waals surface area contributed by atoms with E-state index in [1.165, 1.54) is 16.7 Å². The minimum atomic E-state index is -3.69. The average molecular weight is 369 g/mol. The second-order valence-electron chi connectivity index (χ2n) is 4.71. The number of rotatable bonds is 5. The largest absolute Gasteiger partial charge is 0.345 e. The summed E-state index contributed by atoms with van der Waals surface area (Å²) >= 11 is 0. The fourth-order valence-electron chi connectivity index (χ4n) is 1.80. The molecule has 2 aromatic heterocycles. The number of fused-ring (bicyclic) bond motifs is 1. The van der Waals surface area contributed by atoms with Gasteiger partial charge < -0.3 is 11.1 Å². The van der Waals surface area contributed by atoms with Crippen LogP contribution < -0.4 is 11.1 Å². The second kappa shape index (κ2) is 6.77. The molecule has 128 valence electrons. The molecule has 0 fully saturated rings. The zero-order chi connectivity index (χ0) is 16.5. The van der Waals surface area contributed by atoms with Gasteiger partial charge in [-0.25, -0.2) is 22.2 Å². The predicted molar refractivity (Wildman–Crippen MR) is 81.9 cm³/mol. The van der Waals surface area contributed by atoms with E-state index in [1.807, 2.05) is 5.32 Å². The van der Waals surface area contributed by atoms with Gasteiger partial charge in [0.1, 0.15) is 0 Å². The van der Waals surface area contributed by atoms with Crippen molar-refractivity contribution in [1.29, 1.82) is 0 Å². The summed E-state index contributed by atoms with van der Waals surface area (Å²) in [7, 11) is -3.69. The summed E-state index contributed by atoms with van der Waals surface area (Å²) in [5, 5.41) is 1.67. The Morgan fingerprint density at radius 3 is 2.65 bits per heavy atom. The maximum absolute atomic E-state index is 13.1. The van der Waals surface area contributed by atoms with Crippen molar-refractivity contribution in [3.05, 3.63) is 30.1 Å². The maximum Gasteiger partial charge on any atom is 0.277 e. The Morgan fingerprint density at radius 2 is 2.09 bits per heavy atom. The number of aromatic nitrogens is 2. The van der Waals surface area contributed by atoms with Crippen molar-refractivity contribution >= 4 is 33.7 Å². The standard InChI is InChI=1S/C12H14F2N4O3S.ClH/c1-22(20,21)11-17-9(8-4-2-3-5-18(8)11)10(19)16-7-12(13,14)6-15;/h2-5H,6-7,15H2,1H3,(H,16,19);1H. The van der Waals surface area contributed by atoms with E-state index in [9.17, 15) is 22.0 Å². The van der Waals surface area contributed by atoms with Gasteiger partial charge in [0.2, 0.25) is 15.0 Å². The molecule has 0 bridgehead atoms. The molecule has 0 saturated carbocycles. The predicted octanol–water partition coefficient (Wildman–Crippen LogP) is 0.483. The number of amides is 1. The molecule has 23 heavy (non-hydrogen) atoms. The van der Waals surface area contributed by atoms with Crippen molar-refractivity contribution in [1.82, 2.24) is 14.7 Å². The number of carbonyl (C=O) groups is 1. The summed E-state index contributed by atoms with van der Waals surface area (Å²) in [6.07, 6.45) is 2.36. The Bertz CT molecular complexity index is 823. The number of sulfone groups is 1. The van der Waals surface area contributed by atoms with E-state index in [0.29, 0.717) is 0 Å². The number of nitrogens with one attached hydrogen (secondary N) is 1. The molecule has 0 unspecified atom stereocenters. The number of hydrogen-bond acceptors (Lipinski definition) is 5. The molecule has 0 atom stereocenters. The van der Waals surface area contributed by atoms with Gasteiger partial charge in [-0.2, -0.15) is 0 Å². The van der Waals surface area contributed by atoms with E-state index in [1.54, 1.807) is 12.1 Å². The Morgan fingerprint density at radius 1 is 1.43 bits per heavy atom. The van der Waals surface area contributed by atoms with Gasteiger partial charge in [-0.3, -0.25) is 9.20 Å². The number of nitrogens with zero attached hydrogens (tertiary/aromatic N) is 2. The normalized spacial score (nSPS) is 12.0. The molecule has 2 aromatic rings. The van der Waals surface area contributed by atoms with E-state index >= 15 is 0 Å². The monoisotopic (exact) mass is 368 g/mol. The lowest BCUT2D eigenvalue weighted by Crippen LogP contribution is -2.41. The molecule has 2 heterocycles. The molecule has 3 N–H and O–H groups in total. The number of pyridine rings is 1. The van der Waals surface area contributed by atoms with Crippen LogP contribution >= 0.6 is 12.4 Å².